The van der Waals surface area contributed by atoms with Crippen LogP contribution in [-0.2, 0) is 4.74 Å². The van der Waals surface area contributed by atoms with E-state index in [1.165, 1.54) is 0 Å². The van der Waals surface area contributed by atoms with E-state index in [2.05, 4.69) is 20.5 Å². The number of fused-ring (bicyclic) bond motifs is 1. The molecule has 0 bridgehead atoms. The third kappa shape index (κ3) is 3.94. The molecule has 1 atom stereocenters. The molecule has 0 unspecified atom stereocenters. The molecule has 9 heteroatoms. The maximum atomic E-state index is 12.3. The summed E-state index contributed by atoms with van der Waals surface area (Å²) in [5.74, 6) is 0.780. The Kier molecular flexibility index (Phi) is 5.16. The fourth-order valence-electron chi connectivity index (χ4n) is 3.17. The van der Waals surface area contributed by atoms with Gasteiger partial charge in [-0.15, -0.1) is 0 Å². The van der Waals surface area contributed by atoms with Crippen molar-refractivity contribution < 1.29 is 14.3 Å². The number of hydrogen-bond acceptors (Lipinski definition) is 6. The lowest BCUT2D eigenvalue weighted by Crippen LogP contribution is -2.37. The minimum Gasteiger partial charge on any atom is -0.489 e. The zero-order chi connectivity index (χ0) is 19.5. The molecular formula is C19H21N5O3S. The Morgan fingerprint density at radius 2 is 2.29 bits per heavy atom. The molecule has 146 valence electrons. The number of aromatic nitrogens is 1. The minimum absolute atomic E-state index is 0.305. The summed E-state index contributed by atoms with van der Waals surface area (Å²) < 4.78 is 11.2. The van der Waals surface area contributed by atoms with Crippen LogP contribution in [0, 0.1) is 0 Å². The lowest BCUT2D eigenvalue weighted by Gasteiger charge is -2.28. The predicted molar refractivity (Wildman–Crippen MR) is 111 cm³/mol. The number of anilines is 3. The molecule has 1 fully saturated rings. The standard InChI is InChI=1S/C19H21N5O3S/c1-23-7-8-26-17-9-14(4-5-16(17)23)24-12-15(27-19(24)25)11-21-18(28)22-13-3-2-6-20-10-13/h2-6,9-10,15H,7-8,11-12H2,1H3,(H2,21,22,28)/t15-/m0/s1. The lowest BCUT2D eigenvalue weighted by molar-refractivity contribution is 0.143. The maximum absolute atomic E-state index is 12.3. The molecule has 8 nitrogen and oxygen atoms in total. The predicted octanol–water partition coefficient (Wildman–Crippen LogP) is 2.22. The van der Waals surface area contributed by atoms with Gasteiger partial charge in [-0.2, -0.15) is 0 Å². The van der Waals surface area contributed by atoms with Crippen molar-refractivity contribution in [1.29, 1.82) is 0 Å². The molecular weight excluding hydrogens is 378 g/mol. The third-order valence-corrected chi connectivity index (χ3v) is 4.88. The Labute approximate surface area is 168 Å². The van der Waals surface area contributed by atoms with Crippen molar-refractivity contribution in [2.24, 2.45) is 0 Å². The van der Waals surface area contributed by atoms with Crippen LogP contribution in [0.2, 0.25) is 0 Å². The number of benzene rings is 1. The Morgan fingerprint density at radius 1 is 1.39 bits per heavy atom. The molecule has 0 saturated carbocycles. The van der Waals surface area contributed by atoms with Gasteiger partial charge in [0.2, 0.25) is 0 Å². The summed E-state index contributed by atoms with van der Waals surface area (Å²) in [4.78, 5) is 20.1. The molecule has 1 aromatic carbocycles. The van der Waals surface area contributed by atoms with Crippen molar-refractivity contribution in [1.82, 2.24) is 10.3 Å². The summed E-state index contributed by atoms with van der Waals surface area (Å²) in [6.07, 6.45) is 2.70. The number of likely N-dealkylation sites (N-methyl/N-ethyl adjacent to an activating group) is 1. The number of cyclic esters (lactones) is 1. The van der Waals surface area contributed by atoms with E-state index in [0.717, 1.165) is 29.4 Å². The molecule has 0 spiro atoms. The highest BCUT2D eigenvalue weighted by Crippen LogP contribution is 2.35. The highest BCUT2D eigenvalue weighted by Gasteiger charge is 2.33. The molecule has 2 aromatic rings. The second-order valence-corrected chi connectivity index (χ2v) is 7.02. The van der Waals surface area contributed by atoms with Gasteiger partial charge in [-0.05, 0) is 36.5 Å². The van der Waals surface area contributed by atoms with Crippen LogP contribution in [0.5, 0.6) is 5.75 Å². The van der Waals surface area contributed by atoms with Crippen molar-refractivity contribution in [2.75, 3.05) is 48.4 Å². The van der Waals surface area contributed by atoms with Crippen LogP contribution in [-0.4, -0.2) is 55.6 Å². The van der Waals surface area contributed by atoms with Crippen LogP contribution in [0.25, 0.3) is 0 Å². The minimum atomic E-state index is -0.373. The summed E-state index contributed by atoms with van der Waals surface area (Å²) in [5, 5.41) is 6.57. The largest absolute Gasteiger partial charge is 0.489 e. The first kappa shape index (κ1) is 18.3. The van der Waals surface area contributed by atoms with Crippen molar-refractivity contribution in [3.63, 3.8) is 0 Å². The van der Waals surface area contributed by atoms with E-state index in [-0.39, 0.29) is 12.2 Å². The summed E-state index contributed by atoms with van der Waals surface area (Å²) in [7, 11) is 2.02. The fourth-order valence-corrected chi connectivity index (χ4v) is 3.37. The van der Waals surface area contributed by atoms with Gasteiger partial charge >= 0.3 is 6.09 Å². The van der Waals surface area contributed by atoms with Crippen LogP contribution in [0.15, 0.2) is 42.7 Å². The first-order valence-electron chi connectivity index (χ1n) is 9.01. The van der Waals surface area contributed by atoms with Gasteiger partial charge in [0, 0.05) is 19.3 Å². The van der Waals surface area contributed by atoms with E-state index in [4.69, 9.17) is 21.7 Å². The fraction of sp³-hybridized carbons (Fsp3) is 0.316. The van der Waals surface area contributed by atoms with Gasteiger partial charge in [0.15, 0.2) is 5.11 Å². The van der Waals surface area contributed by atoms with Gasteiger partial charge in [0.05, 0.1) is 42.9 Å². The highest BCUT2D eigenvalue weighted by atomic mass is 32.1. The molecule has 1 amide bonds. The number of ether oxygens (including phenoxy) is 2. The SMILES string of the molecule is CN1CCOc2cc(N3C[C@H](CNC(=S)Nc4cccnc4)OC3=O)ccc21. The number of nitrogens with zero attached hydrogens (tertiary/aromatic N) is 3. The van der Waals surface area contributed by atoms with E-state index in [1.807, 2.05) is 37.4 Å². The molecule has 3 heterocycles. The van der Waals surface area contributed by atoms with Gasteiger partial charge in [-0.3, -0.25) is 9.88 Å². The van der Waals surface area contributed by atoms with Crippen LogP contribution >= 0.6 is 12.2 Å². The quantitative estimate of drug-likeness (QED) is 0.758. The Bertz CT molecular complexity index is 879. The number of nitrogens with one attached hydrogen (secondary N) is 2. The van der Waals surface area contributed by atoms with E-state index in [0.29, 0.717) is 24.8 Å². The first-order chi connectivity index (χ1) is 13.6. The molecule has 1 aromatic heterocycles. The first-order valence-corrected chi connectivity index (χ1v) is 9.42. The monoisotopic (exact) mass is 399 g/mol. The molecule has 2 N–H and O–H groups in total. The smallest absolute Gasteiger partial charge is 0.414 e. The van der Waals surface area contributed by atoms with E-state index in [9.17, 15) is 4.79 Å². The average molecular weight is 399 g/mol. The van der Waals surface area contributed by atoms with Gasteiger partial charge < -0.3 is 25.0 Å². The third-order valence-electron chi connectivity index (χ3n) is 4.63. The summed E-state index contributed by atoms with van der Waals surface area (Å²) >= 11 is 5.28. The number of carbonyl (C=O) groups is 1. The van der Waals surface area contributed by atoms with E-state index < -0.39 is 0 Å². The molecule has 1 saturated heterocycles. The van der Waals surface area contributed by atoms with Crippen LogP contribution in [0.3, 0.4) is 0 Å². The number of amides is 1. The topological polar surface area (TPSA) is 79.0 Å². The Hall–Kier alpha value is -3.07. The maximum Gasteiger partial charge on any atom is 0.414 e. The number of pyridine rings is 1. The summed E-state index contributed by atoms with van der Waals surface area (Å²) in [6.45, 7) is 2.33. The van der Waals surface area contributed by atoms with Gasteiger partial charge in [-0.25, -0.2) is 4.79 Å². The molecule has 4 rings (SSSR count). The lowest BCUT2D eigenvalue weighted by atomic mass is 10.2. The van der Waals surface area contributed by atoms with Gasteiger partial charge in [0.1, 0.15) is 18.5 Å². The number of thiocarbonyl (C=S) groups is 1. The van der Waals surface area contributed by atoms with Gasteiger partial charge in [-0.1, -0.05) is 0 Å². The average Bonchev–Trinajstić information content (AvgIpc) is 3.08. The molecule has 28 heavy (non-hydrogen) atoms. The highest BCUT2D eigenvalue weighted by molar-refractivity contribution is 7.80. The van der Waals surface area contributed by atoms with Crippen LogP contribution in [0.4, 0.5) is 21.9 Å². The van der Waals surface area contributed by atoms with Crippen LogP contribution < -0.4 is 25.2 Å². The summed E-state index contributed by atoms with van der Waals surface area (Å²) in [6, 6.07) is 9.46. The Balaban J connectivity index is 1.34. The van der Waals surface area contributed by atoms with Crippen molar-refractivity contribution in [3.05, 3.63) is 42.7 Å². The normalized spacial score (nSPS) is 18.2. The van der Waals surface area contributed by atoms with E-state index >= 15 is 0 Å². The second kappa shape index (κ2) is 7.89. The molecule has 2 aliphatic heterocycles. The number of rotatable bonds is 4. The van der Waals surface area contributed by atoms with Crippen molar-refractivity contribution in [2.45, 2.75) is 6.10 Å². The van der Waals surface area contributed by atoms with Gasteiger partial charge in [0.25, 0.3) is 0 Å². The second-order valence-electron chi connectivity index (χ2n) is 6.62. The van der Waals surface area contributed by atoms with Crippen LogP contribution in [0.1, 0.15) is 0 Å². The molecule has 2 aliphatic rings. The molecule has 0 aliphatic carbocycles. The number of carbonyl (C=O) groups excluding carboxylic acids is 1. The zero-order valence-corrected chi connectivity index (χ0v) is 16.2. The Morgan fingerprint density at radius 3 is 3.11 bits per heavy atom. The van der Waals surface area contributed by atoms with Crippen molar-refractivity contribution >= 4 is 40.5 Å². The van der Waals surface area contributed by atoms with E-state index in [1.54, 1.807) is 17.3 Å². The zero-order valence-electron chi connectivity index (χ0n) is 15.4. The number of hydrogen-bond donors (Lipinski definition) is 2. The molecule has 0 radical (unpaired) electrons. The van der Waals surface area contributed by atoms with Crippen molar-refractivity contribution in [3.8, 4) is 5.75 Å². The summed E-state index contributed by atoms with van der Waals surface area (Å²) in [5.41, 5.74) is 2.58.